The Kier molecular flexibility index (Phi) is 2.79. The fourth-order valence-corrected chi connectivity index (χ4v) is 2.22. The fourth-order valence-electron chi connectivity index (χ4n) is 2.22. The van der Waals surface area contributed by atoms with Crippen molar-refractivity contribution in [2.45, 2.75) is 6.54 Å². The number of nitrogens with two attached hydrogens (primary N) is 1. The Bertz CT molecular complexity index is 626. The third kappa shape index (κ3) is 2.35. The minimum atomic E-state index is -0.0115. The molecule has 1 aromatic heterocycles. The Morgan fingerprint density at radius 1 is 1.32 bits per heavy atom. The molecule has 2 aromatic rings. The molecule has 1 aliphatic heterocycles. The lowest BCUT2D eigenvalue weighted by molar-refractivity contribution is -0.115. The van der Waals surface area contributed by atoms with Crippen LogP contribution >= 0.6 is 0 Å². The first-order valence-corrected chi connectivity index (χ1v) is 6.06. The van der Waals surface area contributed by atoms with Gasteiger partial charge in [0.1, 0.15) is 0 Å². The number of nitrogens with one attached hydrogen (secondary N) is 1. The highest BCUT2D eigenvalue weighted by Crippen LogP contribution is 2.29. The molecule has 0 spiro atoms. The van der Waals surface area contributed by atoms with Crippen molar-refractivity contribution in [1.29, 1.82) is 0 Å². The number of pyridine rings is 1. The van der Waals surface area contributed by atoms with Gasteiger partial charge >= 0.3 is 0 Å². The van der Waals surface area contributed by atoms with Crippen LogP contribution in [0.2, 0.25) is 0 Å². The predicted molar refractivity (Wildman–Crippen MR) is 74.8 cm³/mol. The van der Waals surface area contributed by atoms with Crippen LogP contribution in [0.25, 0.3) is 0 Å². The van der Waals surface area contributed by atoms with Crippen LogP contribution in [0.1, 0.15) is 5.69 Å². The number of fused-ring (bicyclic) bond motifs is 1. The number of carbonyl (C=O) groups excluding carboxylic acids is 1. The van der Waals surface area contributed by atoms with Crippen LogP contribution < -0.4 is 16.0 Å². The van der Waals surface area contributed by atoms with E-state index in [1.165, 1.54) is 0 Å². The van der Waals surface area contributed by atoms with Gasteiger partial charge in [-0.05, 0) is 24.3 Å². The lowest BCUT2D eigenvalue weighted by atomic mass is 10.2. The number of aromatic nitrogens is 1. The van der Waals surface area contributed by atoms with Crippen LogP contribution in [-0.2, 0) is 11.3 Å². The molecule has 5 heteroatoms. The van der Waals surface area contributed by atoms with E-state index in [2.05, 4.69) is 10.3 Å². The highest BCUT2D eigenvalue weighted by Gasteiger charge is 2.21. The number of nitrogen functional groups attached to an aromatic ring is 1. The van der Waals surface area contributed by atoms with E-state index in [0.717, 1.165) is 17.1 Å². The van der Waals surface area contributed by atoms with E-state index in [0.29, 0.717) is 18.8 Å². The molecule has 0 unspecified atom stereocenters. The summed E-state index contributed by atoms with van der Waals surface area (Å²) in [7, 11) is 0. The van der Waals surface area contributed by atoms with Gasteiger partial charge in [-0.3, -0.25) is 9.78 Å². The van der Waals surface area contributed by atoms with Crippen LogP contribution in [0.3, 0.4) is 0 Å². The van der Waals surface area contributed by atoms with Crippen LogP contribution in [0, 0.1) is 0 Å². The van der Waals surface area contributed by atoms with Crippen molar-refractivity contribution in [2.75, 3.05) is 22.5 Å². The average molecular weight is 254 g/mol. The molecule has 0 saturated heterocycles. The van der Waals surface area contributed by atoms with Gasteiger partial charge in [-0.15, -0.1) is 0 Å². The molecule has 3 rings (SSSR count). The smallest absolute Gasteiger partial charge is 0.243 e. The van der Waals surface area contributed by atoms with Crippen molar-refractivity contribution in [3.63, 3.8) is 0 Å². The average Bonchev–Trinajstić information content (AvgIpc) is 2.38. The normalized spacial score (nSPS) is 13.9. The molecule has 0 saturated carbocycles. The third-order valence-electron chi connectivity index (χ3n) is 3.05. The highest BCUT2D eigenvalue weighted by molar-refractivity contribution is 6.01. The lowest BCUT2D eigenvalue weighted by Crippen LogP contribution is -2.37. The summed E-state index contributed by atoms with van der Waals surface area (Å²) >= 11 is 0. The van der Waals surface area contributed by atoms with Gasteiger partial charge < -0.3 is 16.0 Å². The maximum absolute atomic E-state index is 11.7. The summed E-state index contributed by atoms with van der Waals surface area (Å²) in [6.07, 6.45) is 1.68. The van der Waals surface area contributed by atoms with E-state index in [4.69, 9.17) is 5.73 Å². The summed E-state index contributed by atoms with van der Waals surface area (Å²) in [6.45, 7) is 0.892. The lowest BCUT2D eigenvalue weighted by Gasteiger charge is -2.30. The largest absolute Gasteiger partial charge is 0.399 e. The molecule has 0 radical (unpaired) electrons. The second kappa shape index (κ2) is 4.61. The molecule has 19 heavy (non-hydrogen) atoms. The summed E-state index contributed by atoms with van der Waals surface area (Å²) < 4.78 is 0. The molecule has 96 valence electrons. The first-order chi connectivity index (χ1) is 9.22. The standard InChI is InChI=1S/C14H14N4O/c15-10-5-6-16-11(7-10)8-18-9-14(19)17-12-3-1-2-4-13(12)18/h1-7H,8-9H2,(H2,15,16)(H,17,19). The molecule has 0 aliphatic carbocycles. The zero-order valence-electron chi connectivity index (χ0n) is 10.3. The second-order valence-electron chi connectivity index (χ2n) is 4.50. The predicted octanol–water partition coefficient (Wildman–Crippen LogP) is 1.62. The SMILES string of the molecule is Nc1ccnc(CN2CC(=O)Nc3ccccc32)c1. The molecular formula is C14H14N4O. The molecule has 0 atom stereocenters. The number of benzene rings is 1. The summed E-state index contributed by atoms with van der Waals surface area (Å²) in [5.74, 6) is -0.0115. The number of hydrogen-bond acceptors (Lipinski definition) is 4. The molecule has 0 fully saturated rings. The van der Waals surface area contributed by atoms with Gasteiger partial charge in [0, 0.05) is 11.9 Å². The Morgan fingerprint density at radius 2 is 2.16 bits per heavy atom. The van der Waals surface area contributed by atoms with E-state index < -0.39 is 0 Å². The van der Waals surface area contributed by atoms with Gasteiger partial charge in [0.05, 0.1) is 30.2 Å². The number of nitrogens with zero attached hydrogens (tertiary/aromatic N) is 2. The van der Waals surface area contributed by atoms with Gasteiger partial charge in [0.25, 0.3) is 0 Å². The second-order valence-corrected chi connectivity index (χ2v) is 4.50. The van der Waals surface area contributed by atoms with Crippen molar-refractivity contribution in [3.05, 3.63) is 48.3 Å². The quantitative estimate of drug-likeness (QED) is 0.854. The Labute approximate surface area is 111 Å². The number of rotatable bonds is 2. The van der Waals surface area contributed by atoms with Gasteiger partial charge in [0.15, 0.2) is 0 Å². The number of carbonyl (C=O) groups is 1. The Balaban J connectivity index is 1.91. The van der Waals surface area contributed by atoms with Gasteiger partial charge in [0.2, 0.25) is 5.91 Å². The van der Waals surface area contributed by atoms with E-state index in [1.807, 2.05) is 35.2 Å². The summed E-state index contributed by atoms with van der Waals surface area (Å²) in [4.78, 5) is 18.0. The number of anilines is 3. The molecule has 2 heterocycles. The Hall–Kier alpha value is -2.56. The van der Waals surface area contributed by atoms with Crippen LogP contribution in [0.4, 0.5) is 17.1 Å². The number of amides is 1. The minimum absolute atomic E-state index is 0.0115. The topological polar surface area (TPSA) is 71.2 Å². The van der Waals surface area contributed by atoms with Gasteiger partial charge in [-0.25, -0.2) is 0 Å². The van der Waals surface area contributed by atoms with E-state index in [9.17, 15) is 4.79 Å². The van der Waals surface area contributed by atoms with E-state index >= 15 is 0 Å². The molecule has 1 aliphatic rings. The maximum Gasteiger partial charge on any atom is 0.243 e. The molecule has 0 bridgehead atoms. The Morgan fingerprint density at radius 3 is 3.00 bits per heavy atom. The third-order valence-corrected chi connectivity index (χ3v) is 3.05. The zero-order valence-corrected chi connectivity index (χ0v) is 10.3. The van der Waals surface area contributed by atoms with E-state index in [1.54, 1.807) is 12.3 Å². The van der Waals surface area contributed by atoms with Crippen molar-refractivity contribution in [1.82, 2.24) is 4.98 Å². The molecular weight excluding hydrogens is 240 g/mol. The number of hydrogen-bond donors (Lipinski definition) is 2. The van der Waals surface area contributed by atoms with Crippen LogP contribution in [0.15, 0.2) is 42.6 Å². The summed E-state index contributed by atoms with van der Waals surface area (Å²) in [5.41, 5.74) is 9.12. The van der Waals surface area contributed by atoms with Gasteiger partial charge in [-0.1, -0.05) is 12.1 Å². The summed E-state index contributed by atoms with van der Waals surface area (Å²) in [6, 6.07) is 11.3. The minimum Gasteiger partial charge on any atom is -0.399 e. The molecule has 1 aromatic carbocycles. The highest BCUT2D eigenvalue weighted by atomic mass is 16.2. The van der Waals surface area contributed by atoms with E-state index in [-0.39, 0.29) is 5.91 Å². The molecule has 1 amide bonds. The van der Waals surface area contributed by atoms with Crippen molar-refractivity contribution < 1.29 is 4.79 Å². The fraction of sp³-hybridized carbons (Fsp3) is 0.143. The van der Waals surface area contributed by atoms with Crippen molar-refractivity contribution in [3.8, 4) is 0 Å². The zero-order chi connectivity index (χ0) is 13.2. The first-order valence-electron chi connectivity index (χ1n) is 6.06. The molecule has 5 nitrogen and oxygen atoms in total. The van der Waals surface area contributed by atoms with Crippen LogP contribution in [0.5, 0.6) is 0 Å². The van der Waals surface area contributed by atoms with Gasteiger partial charge in [-0.2, -0.15) is 0 Å². The first kappa shape index (κ1) is 11.5. The maximum atomic E-state index is 11.7. The molecule has 3 N–H and O–H groups in total. The van der Waals surface area contributed by atoms with Crippen LogP contribution in [-0.4, -0.2) is 17.4 Å². The number of para-hydroxylation sites is 2. The monoisotopic (exact) mass is 254 g/mol. The van der Waals surface area contributed by atoms with Crippen molar-refractivity contribution >= 4 is 23.0 Å². The van der Waals surface area contributed by atoms with Crippen molar-refractivity contribution in [2.24, 2.45) is 0 Å². The summed E-state index contributed by atoms with van der Waals surface area (Å²) in [5, 5.41) is 2.86.